The van der Waals surface area contributed by atoms with Crippen LogP contribution in [0.1, 0.15) is 9.67 Å². The summed E-state index contributed by atoms with van der Waals surface area (Å²) >= 11 is 11.1. The van der Waals surface area contributed by atoms with E-state index in [0.717, 1.165) is 22.7 Å². The molecule has 0 saturated carbocycles. The van der Waals surface area contributed by atoms with Crippen LogP contribution in [0.2, 0.25) is 5.02 Å². The van der Waals surface area contributed by atoms with Crippen molar-refractivity contribution in [3.05, 3.63) is 31.2 Å². The molecule has 0 aliphatic rings. The normalized spacial score (nSPS) is 11.3. The van der Waals surface area contributed by atoms with Gasteiger partial charge in [0.15, 0.2) is 0 Å². The van der Waals surface area contributed by atoms with Crippen molar-refractivity contribution in [3.8, 4) is 0 Å². The van der Waals surface area contributed by atoms with Crippen molar-refractivity contribution in [1.82, 2.24) is 0 Å². The average Bonchev–Trinajstić information content (AvgIpc) is 2.96. The Hall–Kier alpha value is -0.610. The molecule has 2 aromatic heterocycles. The third-order valence-electron chi connectivity index (χ3n) is 2.17. The van der Waals surface area contributed by atoms with E-state index in [4.69, 9.17) is 11.6 Å². The predicted octanol–water partition coefficient (Wildman–Crippen LogP) is 3.81. The highest BCUT2D eigenvalue weighted by molar-refractivity contribution is 9.11. The highest BCUT2D eigenvalue weighted by Gasteiger charge is 2.23. The van der Waals surface area contributed by atoms with Crippen molar-refractivity contribution >= 4 is 71.9 Å². The first kappa shape index (κ1) is 15.8. The third kappa shape index (κ3) is 3.17. The number of halogens is 2. The molecule has 2 heterocycles. The van der Waals surface area contributed by atoms with E-state index >= 15 is 0 Å². The number of sulfonamides is 1. The number of rotatable bonds is 4. The molecule has 0 aliphatic heterocycles. The molecule has 0 fully saturated rings. The fraction of sp³-hybridized carbons (Fsp3) is 0.100. The number of ether oxygens (including phenoxy) is 1. The van der Waals surface area contributed by atoms with Crippen molar-refractivity contribution in [1.29, 1.82) is 0 Å². The quantitative estimate of drug-likeness (QED) is 0.769. The van der Waals surface area contributed by atoms with Gasteiger partial charge in [0.25, 0.3) is 10.0 Å². The minimum absolute atomic E-state index is 0.0522. The fourth-order valence-electron chi connectivity index (χ4n) is 1.29. The zero-order valence-corrected chi connectivity index (χ0v) is 14.6. The summed E-state index contributed by atoms with van der Waals surface area (Å²) in [6.45, 7) is 0. The molecule has 0 aliphatic carbocycles. The lowest BCUT2D eigenvalue weighted by atomic mass is 10.4. The summed E-state index contributed by atoms with van der Waals surface area (Å²) in [5.41, 5.74) is 0.183. The summed E-state index contributed by atoms with van der Waals surface area (Å²) < 4.78 is 31.9. The SMILES string of the molecule is COC(=O)c1sccc1NS(=O)(=O)c1cc(Cl)c(Br)s1. The van der Waals surface area contributed by atoms with Crippen LogP contribution in [-0.4, -0.2) is 21.5 Å². The van der Waals surface area contributed by atoms with Gasteiger partial charge in [-0.15, -0.1) is 22.7 Å². The van der Waals surface area contributed by atoms with Gasteiger partial charge in [0.1, 0.15) is 9.09 Å². The summed E-state index contributed by atoms with van der Waals surface area (Å²) in [6, 6.07) is 2.83. The van der Waals surface area contributed by atoms with E-state index in [9.17, 15) is 13.2 Å². The lowest BCUT2D eigenvalue weighted by Gasteiger charge is -2.06. The maximum atomic E-state index is 12.2. The van der Waals surface area contributed by atoms with E-state index in [2.05, 4.69) is 25.4 Å². The molecule has 0 radical (unpaired) electrons. The van der Waals surface area contributed by atoms with Crippen LogP contribution in [-0.2, 0) is 14.8 Å². The van der Waals surface area contributed by atoms with Crippen LogP contribution < -0.4 is 4.72 Å². The van der Waals surface area contributed by atoms with Crippen molar-refractivity contribution in [2.75, 3.05) is 11.8 Å². The van der Waals surface area contributed by atoms with Gasteiger partial charge in [-0.05, 0) is 33.4 Å². The lowest BCUT2D eigenvalue weighted by molar-refractivity contribution is 0.0607. The number of anilines is 1. The van der Waals surface area contributed by atoms with Crippen molar-refractivity contribution < 1.29 is 17.9 Å². The van der Waals surface area contributed by atoms with E-state index in [0.29, 0.717) is 8.81 Å². The number of hydrogen-bond donors (Lipinski definition) is 1. The minimum Gasteiger partial charge on any atom is -0.465 e. The first-order valence-corrected chi connectivity index (χ1v) is 9.33. The predicted molar refractivity (Wildman–Crippen MR) is 83.5 cm³/mol. The molecule has 0 saturated heterocycles. The molecular weight excluding hydrogens is 410 g/mol. The van der Waals surface area contributed by atoms with Crippen LogP contribution in [0.5, 0.6) is 0 Å². The van der Waals surface area contributed by atoms with Gasteiger partial charge in [0.05, 0.1) is 21.6 Å². The van der Waals surface area contributed by atoms with Gasteiger partial charge in [-0.25, -0.2) is 13.2 Å². The Labute approximate surface area is 136 Å². The van der Waals surface area contributed by atoms with Crippen LogP contribution in [0.3, 0.4) is 0 Å². The van der Waals surface area contributed by atoms with Crippen LogP contribution in [0.25, 0.3) is 0 Å². The smallest absolute Gasteiger partial charge is 0.350 e. The molecule has 0 atom stereocenters. The fourth-order valence-corrected chi connectivity index (χ4v) is 5.60. The number of carbonyl (C=O) groups excluding carboxylic acids is 1. The monoisotopic (exact) mass is 415 g/mol. The molecule has 0 unspecified atom stereocenters. The number of nitrogens with one attached hydrogen (secondary N) is 1. The van der Waals surface area contributed by atoms with Crippen LogP contribution in [0, 0.1) is 0 Å². The molecular formula is C10H7BrClNO4S3. The van der Waals surface area contributed by atoms with Crippen molar-refractivity contribution in [2.24, 2.45) is 0 Å². The van der Waals surface area contributed by atoms with E-state index in [-0.39, 0.29) is 14.8 Å². The molecule has 0 bridgehead atoms. The highest BCUT2D eigenvalue weighted by Crippen LogP contribution is 2.36. The Morgan fingerprint density at radius 3 is 2.75 bits per heavy atom. The molecule has 0 aromatic carbocycles. The van der Waals surface area contributed by atoms with Gasteiger partial charge in [0, 0.05) is 0 Å². The molecule has 2 rings (SSSR count). The summed E-state index contributed by atoms with van der Waals surface area (Å²) in [6.07, 6.45) is 0. The topological polar surface area (TPSA) is 72.5 Å². The van der Waals surface area contributed by atoms with Gasteiger partial charge in [-0.3, -0.25) is 4.72 Å². The average molecular weight is 417 g/mol. The maximum absolute atomic E-state index is 12.2. The Bertz CT molecular complexity index is 733. The van der Waals surface area contributed by atoms with Crippen molar-refractivity contribution in [3.63, 3.8) is 0 Å². The third-order valence-corrected chi connectivity index (χ3v) is 7.38. The van der Waals surface area contributed by atoms with Gasteiger partial charge < -0.3 is 4.74 Å². The minimum atomic E-state index is -3.80. The second-order valence-corrected chi connectivity index (χ2v) is 9.05. The van der Waals surface area contributed by atoms with Gasteiger partial charge in [0.2, 0.25) is 0 Å². The van der Waals surface area contributed by atoms with Crippen LogP contribution in [0.15, 0.2) is 25.5 Å². The van der Waals surface area contributed by atoms with Gasteiger partial charge >= 0.3 is 5.97 Å². The second kappa shape index (κ2) is 6.02. The molecule has 1 N–H and O–H groups in total. The van der Waals surface area contributed by atoms with E-state index in [1.807, 2.05) is 0 Å². The van der Waals surface area contributed by atoms with Gasteiger partial charge in [-0.2, -0.15) is 0 Å². The van der Waals surface area contributed by atoms with Crippen LogP contribution >= 0.6 is 50.2 Å². The lowest BCUT2D eigenvalue weighted by Crippen LogP contribution is -2.13. The van der Waals surface area contributed by atoms with Gasteiger partial charge in [-0.1, -0.05) is 11.6 Å². The highest BCUT2D eigenvalue weighted by atomic mass is 79.9. The Kier molecular flexibility index (Phi) is 4.75. The first-order chi connectivity index (χ1) is 9.35. The standard InChI is InChI=1S/C10H7BrClNO4S3/c1-17-10(14)8-6(2-3-18-8)13-20(15,16)7-4-5(12)9(11)19-7/h2-4,13H,1H3. The first-order valence-electron chi connectivity index (χ1n) is 4.98. The molecule has 0 amide bonds. The Morgan fingerprint density at radius 1 is 1.50 bits per heavy atom. The Balaban J connectivity index is 2.34. The number of thiophene rings is 2. The summed E-state index contributed by atoms with van der Waals surface area (Å²) in [7, 11) is -2.56. The van der Waals surface area contributed by atoms with E-state index in [1.54, 1.807) is 5.38 Å². The number of methoxy groups -OCH3 is 1. The summed E-state index contributed by atoms with van der Waals surface area (Å²) in [5, 5.41) is 1.91. The molecule has 0 spiro atoms. The molecule has 20 heavy (non-hydrogen) atoms. The molecule has 2 aromatic rings. The second-order valence-electron chi connectivity index (χ2n) is 3.45. The largest absolute Gasteiger partial charge is 0.465 e. The van der Waals surface area contributed by atoms with Crippen LogP contribution in [0.4, 0.5) is 5.69 Å². The molecule has 108 valence electrons. The summed E-state index contributed by atoms with van der Waals surface area (Å²) in [5.74, 6) is -0.594. The zero-order chi connectivity index (χ0) is 14.9. The van der Waals surface area contributed by atoms with E-state index < -0.39 is 16.0 Å². The van der Waals surface area contributed by atoms with Crippen molar-refractivity contribution in [2.45, 2.75) is 4.21 Å². The number of hydrogen-bond acceptors (Lipinski definition) is 6. The molecule has 5 nitrogen and oxygen atoms in total. The zero-order valence-electron chi connectivity index (χ0n) is 9.85. The Morgan fingerprint density at radius 2 is 2.20 bits per heavy atom. The number of carbonyl (C=O) groups is 1. The number of esters is 1. The summed E-state index contributed by atoms with van der Waals surface area (Å²) in [4.78, 5) is 11.7. The molecule has 10 heteroatoms. The van der Waals surface area contributed by atoms with E-state index in [1.165, 1.54) is 19.2 Å². The maximum Gasteiger partial charge on any atom is 0.350 e.